The molecule has 7 heteroatoms. The average molecular weight is 404 g/mol. The molecule has 0 atom stereocenters. The maximum atomic E-state index is 13.4. The number of hydrogen-bond acceptors (Lipinski definition) is 3. The molecule has 1 N–H and O–H groups in total. The Morgan fingerprint density at radius 3 is 2.27 bits per heavy atom. The third-order valence-corrected chi connectivity index (χ3v) is 5.05. The summed E-state index contributed by atoms with van der Waals surface area (Å²) in [6.45, 7) is 1.63. The number of amides is 3. The van der Waals surface area contributed by atoms with Gasteiger partial charge in [-0.15, -0.1) is 0 Å². The summed E-state index contributed by atoms with van der Waals surface area (Å²) in [5, 5.41) is 2.92. The first-order chi connectivity index (χ1) is 14.6. The summed E-state index contributed by atoms with van der Waals surface area (Å²) in [7, 11) is 0. The summed E-state index contributed by atoms with van der Waals surface area (Å²) >= 11 is 0. The number of anilines is 1. The van der Waals surface area contributed by atoms with Gasteiger partial charge in [0.05, 0.1) is 0 Å². The number of hydrogen-bond donors (Lipinski definition) is 1. The van der Waals surface area contributed by atoms with Crippen LogP contribution in [0.15, 0.2) is 73.1 Å². The number of nitrogens with one attached hydrogen (secondary N) is 1. The summed E-state index contributed by atoms with van der Waals surface area (Å²) in [5.41, 5.74) is 3.03. The molecular weight excluding hydrogens is 383 g/mol. The first-order valence-electron chi connectivity index (χ1n) is 9.71. The van der Waals surface area contributed by atoms with Gasteiger partial charge in [0.25, 0.3) is 5.91 Å². The molecule has 2 aromatic carbocycles. The van der Waals surface area contributed by atoms with Crippen LogP contribution in [0.25, 0.3) is 11.1 Å². The summed E-state index contributed by atoms with van der Waals surface area (Å²) in [6, 6.07) is 16.9. The van der Waals surface area contributed by atoms with Crippen molar-refractivity contribution in [2.45, 2.75) is 0 Å². The van der Waals surface area contributed by atoms with Crippen molar-refractivity contribution in [3.05, 3.63) is 84.4 Å². The van der Waals surface area contributed by atoms with Crippen LogP contribution in [0.2, 0.25) is 0 Å². The maximum absolute atomic E-state index is 13.4. The van der Waals surface area contributed by atoms with Crippen LogP contribution in [0.3, 0.4) is 0 Å². The Labute approximate surface area is 174 Å². The predicted octanol–water partition coefficient (Wildman–Crippen LogP) is 3.88. The van der Waals surface area contributed by atoms with E-state index in [9.17, 15) is 14.0 Å². The molecule has 1 saturated heterocycles. The van der Waals surface area contributed by atoms with Crippen molar-refractivity contribution in [1.29, 1.82) is 0 Å². The van der Waals surface area contributed by atoms with E-state index in [2.05, 4.69) is 10.3 Å². The monoisotopic (exact) mass is 404 g/mol. The number of pyridine rings is 1. The number of carbonyl (C=O) groups is 2. The van der Waals surface area contributed by atoms with Crippen molar-refractivity contribution in [3.8, 4) is 11.1 Å². The maximum Gasteiger partial charge on any atom is 0.321 e. The molecule has 152 valence electrons. The quantitative estimate of drug-likeness (QED) is 0.721. The normalized spacial score (nSPS) is 13.8. The second kappa shape index (κ2) is 8.73. The van der Waals surface area contributed by atoms with E-state index in [0.29, 0.717) is 37.4 Å². The molecule has 0 radical (unpaired) electrons. The van der Waals surface area contributed by atoms with E-state index in [1.165, 1.54) is 18.2 Å². The molecule has 0 bridgehead atoms. The van der Waals surface area contributed by atoms with Gasteiger partial charge in [-0.25, -0.2) is 9.18 Å². The number of benzene rings is 2. The lowest BCUT2D eigenvalue weighted by Crippen LogP contribution is -2.51. The second-order valence-electron chi connectivity index (χ2n) is 7.04. The van der Waals surface area contributed by atoms with Crippen LogP contribution in [-0.2, 0) is 0 Å². The highest BCUT2D eigenvalue weighted by atomic mass is 19.1. The Hall–Kier alpha value is -3.74. The van der Waals surface area contributed by atoms with E-state index in [-0.39, 0.29) is 11.9 Å². The van der Waals surface area contributed by atoms with Gasteiger partial charge in [-0.3, -0.25) is 9.78 Å². The minimum Gasteiger partial charge on any atom is -0.335 e. The molecule has 0 aliphatic carbocycles. The first-order valence-corrected chi connectivity index (χ1v) is 9.71. The van der Waals surface area contributed by atoms with E-state index in [1.54, 1.807) is 28.3 Å². The zero-order valence-electron chi connectivity index (χ0n) is 16.3. The van der Waals surface area contributed by atoms with Gasteiger partial charge in [0.15, 0.2) is 0 Å². The van der Waals surface area contributed by atoms with Gasteiger partial charge in [-0.2, -0.15) is 0 Å². The topological polar surface area (TPSA) is 65.5 Å². The molecule has 3 aromatic rings. The minimum atomic E-state index is -0.437. The number of piperazine rings is 1. The standard InChI is InChI=1S/C23H21FN4O2/c24-20-5-1-4-19(15-20)22(29)27-11-13-28(14-12-27)23(30)26-21-6-2-3-18(16-21)17-7-9-25-10-8-17/h1-10,15-16H,11-14H2,(H,26,30). The summed E-state index contributed by atoms with van der Waals surface area (Å²) in [6.07, 6.45) is 3.45. The van der Waals surface area contributed by atoms with Gasteiger partial charge in [0.2, 0.25) is 0 Å². The van der Waals surface area contributed by atoms with E-state index in [1.807, 2.05) is 36.4 Å². The summed E-state index contributed by atoms with van der Waals surface area (Å²) < 4.78 is 13.4. The molecule has 30 heavy (non-hydrogen) atoms. The van der Waals surface area contributed by atoms with Crippen molar-refractivity contribution in [2.75, 3.05) is 31.5 Å². The molecule has 1 aromatic heterocycles. The largest absolute Gasteiger partial charge is 0.335 e. The van der Waals surface area contributed by atoms with Gasteiger partial charge in [-0.1, -0.05) is 18.2 Å². The predicted molar refractivity (Wildman–Crippen MR) is 113 cm³/mol. The first kappa shape index (κ1) is 19.6. The molecule has 2 heterocycles. The number of halogens is 1. The summed E-state index contributed by atoms with van der Waals surface area (Å²) in [5.74, 6) is -0.660. The molecule has 0 saturated carbocycles. The fourth-order valence-corrected chi connectivity index (χ4v) is 3.44. The lowest BCUT2D eigenvalue weighted by atomic mass is 10.1. The average Bonchev–Trinajstić information content (AvgIpc) is 2.79. The minimum absolute atomic E-state index is 0.209. The van der Waals surface area contributed by atoms with Gasteiger partial charge in [0.1, 0.15) is 5.82 Å². The molecule has 1 aliphatic heterocycles. The van der Waals surface area contributed by atoms with Crippen LogP contribution in [0, 0.1) is 5.82 Å². The summed E-state index contributed by atoms with van der Waals surface area (Å²) in [4.78, 5) is 32.5. The van der Waals surface area contributed by atoms with Crippen LogP contribution in [0.4, 0.5) is 14.9 Å². The molecule has 3 amide bonds. The number of urea groups is 1. The van der Waals surface area contributed by atoms with Crippen LogP contribution in [-0.4, -0.2) is 52.9 Å². The number of aromatic nitrogens is 1. The highest BCUT2D eigenvalue weighted by molar-refractivity contribution is 5.95. The van der Waals surface area contributed by atoms with Crippen LogP contribution < -0.4 is 5.32 Å². The van der Waals surface area contributed by atoms with Gasteiger partial charge >= 0.3 is 6.03 Å². The van der Waals surface area contributed by atoms with Crippen molar-refractivity contribution >= 4 is 17.6 Å². The zero-order chi connectivity index (χ0) is 20.9. The zero-order valence-corrected chi connectivity index (χ0v) is 16.3. The number of carbonyl (C=O) groups excluding carboxylic acids is 2. The molecule has 6 nitrogen and oxygen atoms in total. The van der Waals surface area contributed by atoms with Crippen LogP contribution >= 0.6 is 0 Å². The van der Waals surface area contributed by atoms with Crippen molar-refractivity contribution in [3.63, 3.8) is 0 Å². The van der Waals surface area contributed by atoms with E-state index >= 15 is 0 Å². The van der Waals surface area contributed by atoms with Crippen molar-refractivity contribution < 1.29 is 14.0 Å². The highest BCUT2D eigenvalue weighted by Gasteiger charge is 2.25. The highest BCUT2D eigenvalue weighted by Crippen LogP contribution is 2.22. The Morgan fingerprint density at radius 2 is 1.53 bits per heavy atom. The lowest BCUT2D eigenvalue weighted by Gasteiger charge is -2.34. The molecule has 4 rings (SSSR count). The van der Waals surface area contributed by atoms with E-state index < -0.39 is 5.82 Å². The number of rotatable bonds is 3. The molecule has 1 aliphatic rings. The van der Waals surface area contributed by atoms with E-state index in [0.717, 1.165) is 11.1 Å². The van der Waals surface area contributed by atoms with Crippen LogP contribution in [0.1, 0.15) is 10.4 Å². The van der Waals surface area contributed by atoms with Gasteiger partial charge in [-0.05, 0) is 53.6 Å². The Bertz CT molecular complexity index is 1050. The van der Waals surface area contributed by atoms with Gasteiger partial charge < -0.3 is 15.1 Å². The Kier molecular flexibility index (Phi) is 5.70. The van der Waals surface area contributed by atoms with Crippen molar-refractivity contribution in [1.82, 2.24) is 14.8 Å². The second-order valence-corrected chi connectivity index (χ2v) is 7.04. The van der Waals surface area contributed by atoms with Gasteiger partial charge in [0, 0.05) is 49.8 Å². The molecule has 0 spiro atoms. The third kappa shape index (κ3) is 4.46. The smallest absolute Gasteiger partial charge is 0.321 e. The van der Waals surface area contributed by atoms with Crippen molar-refractivity contribution in [2.24, 2.45) is 0 Å². The molecule has 1 fully saturated rings. The Balaban J connectivity index is 1.35. The molecule has 0 unspecified atom stereocenters. The SMILES string of the molecule is O=C(Nc1cccc(-c2ccncc2)c1)N1CCN(C(=O)c2cccc(F)c2)CC1. The lowest BCUT2D eigenvalue weighted by molar-refractivity contribution is 0.0671. The fourth-order valence-electron chi connectivity index (χ4n) is 3.44. The Morgan fingerprint density at radius 1 is 0.833 bits per heavy atom. The van der Waals surface area contributed by atoms with Crippen LogP contribution in [0.5, 0.6) is 0 Å². The number of nitrogens with zero attached hydrogens (tertiary/aromatic N) is 3. The fraction of sp³-hybridized carbons (Fsp3) is 0.174. The third-order valence-electron chi connectivity index (χ3n) is 5.05. The van der Waals surface area contributed by atoms with E-state index in [4.69, 9.17) is 0 Å². The molecular formula is C23H21FN4O2.